The van der Waals surface area contributed by atoms with Crippen molar-refractivity contribution in [1.82, 2.24) is 5.32 Å². The number of amides is 1. The Kier molecular flexibility index (Phi) is 4.10. The molecule has 1 unspecified atom stereocenters. The summed E-state index contributed by atoms with van der Waals surface area (Å²) in [4.78, 5) is 22.4. The molecule has 5 nitrogen and oxygen atoms in total. The number of hydrogen-bond acceptors (Lipinski definition) is 3. The fourth-order valence-electron chi connectivity index (χ4n) is 1.40. The second-order valence-electron chi connectivity index (χ2n) is 3.86. The predicted octanol–water partition coefficient (Wildman–Crippen LogP) is 1.25. The van der Waals surface area contributed by atoms with Gasteiger partial charge in [0.05, 0.1) is 12.8 Å². The van der Waals surface area contributed by atoms with Gasteiger partial charge < -0.3 is 14.8 Å². The van der Waals surface area contributed by atoms with Gasteiger partial charge in [-0.05, 0) is 18.1 Å². The molecule has 16 heavy (non-hydrogen) atoms. The Balaban J connectivity index is 2.53. The molecule has 0 aliphatic carbocycles. The number of aliphatic carboxylic acids is 1. The largest absolute Gasteiger partial charge is 0.481 e. The first-order valence-corrected chi connectivity index (χ1v) is 5.05. The van der Waals surface area contributed by atoms with E-state index in [1.807, 2.05) is 0 Å². The van der Waals surface area contributed by atoms with Crippen molar-refractivity contribution in [2.24, 2.45) is 11.8 Å². The van der Waals surface area contributed by atoms with Crippen molar-refractivity contribution in [2.45, 2.75) is 20.4 Å². The van der Waals surface area contributed by atoms with E-state index in [1.54, 1.807) is 26.0 Å². The number of nitrogens with one attached hydrogen (secondary N) is 1. The van der Waals surface area contributed by atoms with Crippen LogP contribution in [0.3, 0.4) is 0 Å². The Bertz CT molecular complexity index is 356. The van der Waals surface area contributed by atoms with Gasteiger partial charge in [0.25, 0.3) is 0 Å². The maximum Gasteiger partial charge on any atom is 0.316 e. The van der Waals surface area contributed by atoms with E-state index in [0.29, 0.717) is 5.76 Å². The smallest absolute Gasteiger partial charge is 0.316 e. The van der Waals surface area contributed by atoms with Crippen molar-refractivity contribution in [1.29, 1.82) is 0 Å². The fraction of sp³-hybridized carbons (Fsp3) is 0.455. The molecule has 1 heterocycles. The van der Waals surface area contributed by atoms with Crippen LogP contribution in [-0.4, -0.2) is 17.0 Å². The second kappa shape index (κ2) is 5.34. The number of carboxylic acids is 1. The molecular formula is C11H15NO4. The molecule has 5 heteroatoms. The summed E-state index contributed by atoms with van der Waals surface area (Å²) in [5.41, 5.74) is 0. The first-order chi connectivity index (χ1) is 7.52. The van der Waals surface area contributed by atoms with E-state index in [1.165, 1.54) is 6.26 Å². The molecule has 0 fully saturated rings. The zero-order valence-corrected chi connectivity index (χ0v) is 9.27. The van der Waals surface area contributed by atoms with Crippen LogP contribution in [0.5, 0.6) is 0 Å². The third-order valence-corrected chi connectivity index (χ3v) is 2.23. The topological polar surface area (TPSA) is 79.5 Å². The molecular weight excluding hydrogens is 210 g/mol. The minimum atomic E-state index is -1.10. The van der Waals surface area contributed by atoms with Crippen LogP contribution >= 0.6 is 0 Å². The highest BCUT2D eigenvalue weighted by molar-refractivity contribution is 5.97. The molecule has 0 saturated heterocycles. The van der Waals surface area contributed by atoms with Crippen molar-refractivity contribution < 1.29 is 19.1 Å². The van der Waals surface area contributed by atoms with E-state index < -0.39 is 17.8 Å². The summed E-state index contributed by atoms with van der Waals surface area (Å²) in [6.45, 7) is 3.61. The molecule has 1 rings (SSSR count). The highest BCUT2D eigenvalue weighted by atomic mass is 16.4. The zero-order valence-electron chi connectivity index (χ0n) is 9.27. The van der Waals surface area contributed by atoms with Crippen molar-refractivity contribution in [3.8, 4) is 0 Å². The van der Waals surface area contributed by atoms with E-state index >= 15 is 0 Å². The molecule has 88 valence electrons. The molecule has 1 amide bonds. The van der Waals surface area contributed by atoms with E-state index in [2.05, 4.69) is 5.32 Å². The maximum absolute atomic E-state index is 11.6. The lowest BCUT2D eigenvalue weighted by molar-refractivity contribution is -0.148. The van der Waals surface area contributed by atoms with E-state index in [9.17, 15) is 9.59 Å². The van der Waals surface area contributed by atoms with Crippen LogP contribution in [0, 0.1) is 11.8 Å². The second-order valence-corrected chi connectivity index (χ2v) is 3.86. The molecule has 1 atom stereocenters. The Hall–Kier alpha value is -1.78. The molecule has 1 aromatic heterocycles. The maximum atomic E-state index is 11.6. The van der Waals surface area contributed by atoms with Crippen molar-refractivity contribution >= 4 is 11.9 Å². The SMILES string of the molecule is CC(C)C(C(=O)O)C(=O)NCc1ccco1. The highest BCUT2D eigenvalue weighted by Gasteiger charge is 2.29. The molecule has 2 N–H and O–H groups in total. The van der Waals surface area contributed by atoms with E-state index in [0.717, 1.165) is 0 Å². The lowest BCUT2D eigenvalue weighted by Gasteiger charge is -2.15. The quantitative estimate of drug-likeness (QED) is 0.739. The van der Waals surface area contributed by atoms with Gasteiger partial charge in [0.2, 0.25) is 5.91 Å². The summed E-state index contributed by atoms with van der Waals surface area (Å²) in [5.74, 6) is -2.25. The Morgan fingerprint density at radius 1 is 1.50 bits per heavy atom. The Morgan fingerprint density at radius 3 is 2.62 bits per heavy atom. The average Bonchev–Trinajstić information content (AvgIpc) is 2.65. The van der Waals surface area contributed by atoms with Gasteiger partial charge in [-0.2, -0.15) is 0 Å². The van der Waals surface area contributed by atoms with E-state index in [4.69, 9.17) is 9.52 Å². The summed E-state index contributed by atoms with van der Waals surface area (Å²) in [6, 6.07) is 3.42. The van der Waals surface area contributed by atoms with Crippen LogP contribution in [0.1, 0.15) is 19.6 Å². The third-order valence-electron chi connectivity index (χ3n) is 2.23. The van der Waals surface area contributed by atoms with Crippen molar-refractivity contribution in [3.05, 3.63) is 24.2 Å². The summed E-state index contributed by atoms with van der Waals surface area (Å²) in [6.07, 6.45) is 1.50. The highest BCUT2D eigenvalue weighted by Crippen LogP contribution is 2.11. The number of hydrogen-bond donors (Lipinski definition) is 2. The Labute approximate surface area is 93.4 Å². The Morgan fingerprint density at radius 2 is 2.19 bits per heavy atom. The minimum absolute atomic E-state index is 0.211. The molecule has 1 aromatic rings. The summed E-state index contributed by atoms with van der Waals surface area (Å²) in [5, 5.41) is 11.4. The molecule has 0 bridgehead atoms. The lowest BCUT2D eigenvalue weighted by atomic mass is 9.95. The number of rotatable bonds is 5. The van der Waals surface area contributed by atoms with Crippen molar-refractivity contribution in [2.75, 3.05) is 0 Å². The van der Waals surface area contributed by atoms with Gasteiger partial charge in [-0.1, -0.05) is 13.8 Å². The molecule has 0 saturated carbocycles. The van der Waals surface area contributed by atoms with Gasteiger partial charge >= 0.3 is 5.97 Å². The third kappa shape index (κ3) is 3.12. The standard InChI is InChI=1S/C11H15NO4/c1-7(2)9(11(14)15)10(13)12-6-8-4-3-5-16-8/h3-5,7,9H,6H2,1-2H3,(H,12,13)(H,14,15). The van der Waals surface area contributed by atoms with Crippen LogP contribution in [-0.2, 0) is 16.1 Å². The van der Waals surface area contributed by atoms with Crippen LogP contribution in [0.2, 0.25) is 0 Å². The number of carboxylic acid groups (broad SMARTS) is 1. The molecule has 0 radical (unpaired) electrons. The summed E-state index contributed by atoms with van der Waals surface area (Å²) < 4.78 is 5.02. The number of carbonyl (C=O) groups excluding carboxylic acids is 1. The van der Waals surface area contributed by atoms with Gasteiger partial charge in [0.15, 0.2) is 0 Å². The van der Waals surface area contributed by atoms with Crippen LogP contribution in [0.15, 0.2) is 22.8 Å². The number of furan rings is 1. The van der Waals surface area contributed by atoms with Gasteiger partial charge in [0, 0.05) is 0 Å². The molecule has 0 spiro atoms. The lowest BCUT2D eigenvalue weighted by Crippen LogP contribution is -2.37. The first kappa shape index (κ1) is 12.3. The van der Waals surface area contributed by atoms with Gasteiger partial charge in [0.1, 0.15) is 11.7 Å². The molecule has 0 aliphatic heterocycles. The van der Waals surface area contributed by atoms with Crippen LogP contribution in [0.4, 0.5) is 0 Å². The summed E-state index contributed by atoms with van der Waals surface area (Å²) >= 11 is 0. The minimum Gasteiger partial charge on any atom is -0.481 e. The molecule has 0 aliphatic rings. The monoisotopic (exact) mass is 225 g/mol. The predicted molar refractivity (Wildman–Crippen MR) is 56.5 cm³/mol. The first-order valence-electron chi connectivity index (χ1n) is 5.05. The fourth-order valence-corrected chi connectivity index (χ4v) is 1.40. The van der Waals surface area contributed by atoms with Gasteiger partial charge in [-0.25, -0.2) is 0 Å². The molecule has 0 aromatic carbocycles. The normalized spacial score (nSPS) is 12.4. The number of carbonyl (C=O) groups is 2. The average molecular weight is 225 g/mol. The van der Waals surface area contributed by atoms with Gasteiger partial charge in [-0.15, -0.1) is 0 Å². The van der Waals surface area contributed by atoms with Crippen molar-refractivity contribution in [3.63, 3.8) is 0 Å². The summed E-state index contributed by atoms with van der Waals surface area (Å²) in [7, 11) is 0. The van der Waals surface area contributed by atoms with Gasteiger partial charge in [-0.3, -0.25) is 9.59 Å². The van der Waals surface area contributed by atoms with Crippen LogP contribution < -0.4 is 5.32 Å². The van der Waals surface area contributed by atoms with E-state index in [-0.39, 0.29) is 12.5 Å². The zero-order chi connectivity index (χ0) is 12.1. The van der Waals surface area contributed by atoms with Crippen LogP contribution in [0.25, 0.3) is 0 Å².